The van der Waals surface area contributed by atoms with Crippen LogP contribution in [0.1, 0.15) is 50.3 Å². The van der Waals surface area contributed by atoms with E-state index in [0.717, 1.165) is 19.5 Å². The molecule has 22 heavy (non-hydrogen) atoms. The van der Waals surface area contributed by atoms with Crippen molar-refractivity contribution in [2.75, 3.05) is 26.2 Å². The van der Waals surface area contributed by atoms with Crippen molar-refractivity contribution < 1.29 is 4.79 Å². The second-order valence-electron chi connectivity index (χ2n) is 5.90. The van der Waals surface area contributed by atoms with Crippen molar-refractivity contribution >= 4 is 18.3 Å². The van der Waals surface area contributed by atoms with Gasteiger partial charge in [-0.25, -0.2) is 0 Å². The lowest BCUT2D eigenvalue weighted by Crippen LogP contribution is -2.37. The Morgan fingerprint density at radius 2 is 1.86 bits per heavy atom. The van der Waals surface area contributed by atoms with Crippen molar-refractivity contribution in [3.63, 3.8) is 0 Å². The minimum absolute atomic E-state index is 0. The summed E-state index contributed by atoms with van der Waals surface area (Å²) in [6, 6.07) is 6.65. The number of carbonyl (C=O) groups excluding carboxylic acids is 1. The van der Waals surface area contributed by atoms with Crippen molar-refractivity contribution in [3.8, 4) is 0 Å². The number of nitrogens with zero attached hydrogens (tertiary/aromatic N) is 1. The highest BCUT2D eigenvalue weighted by Gasteiger charge is 2.08. The third-order valence-electron chi connectivity index (χ3n) is 4.02. The molecule has 0 radical (unpaired) electrons. The number of amides is 1. The van der Waals surface area contributed by atoms with Crippen LogP contribution in [-0.2, 0) is 11.2 Å². The average molecular weight is 327 g/mol. The molecule has 0 spiro atoms. The third kappa shape index (κ3) is 6.80. The Balaban J connectivity index is 0.00000441. The number of hydrogen-bond acceptors (Lipinski definition) is 2. The molecule has 4 heteroatoms. The number of aryl methyl sites for hydroxylation is 1. The van der Waals surface area contributed by atoms with Crippen LogP contribution in [0.2, 0.25) is 0 Å². The van der Waals surface area contributed by atoms with E-state index in [1.165, 1.54) is 16.7 Å². The molecule has 1 aromatic carbocycles. The summed E-state index contributed by atoms with van der Waals surface area (Å²) in [4.78, 5) is 14.0. The van der Waals surface area contributed by atoms with Crippen molar-refractivity contribution in [3.05, 3.63) is 34.9 Å². The van der Waals surface area contributed by atoms with Crippen LogP contribution < -0.4 is 5.32 Å². The highest BCUT2D eigenvalue weighted by molar-refractivity contribution is 5.85. The second kappa shape index (κ2) is 10.6. The van der Waals surface area contributed by atoms with Gasteiger partial charge in [0.2, 0.25) is 5.91 Å². The van der Waals surface area contributed by atoms with Gasteiger partial charge >= 0.3 is 0 Å². The molecule has 0 aliphatic carbocycles. The summed E-state index contributed by atoms with van der Waals surface area (Å²) in [5.41, 5.74) is 4.01. The highest BCUT2D eigenvalue weighted by atomic mass is 35.5. The standard InChI is InChI=1S/C18H30N2O.ClH/c1-6-20(7-2)13-18(21)19-11-10-17-12-16(14(3)4)9-8-15(17)5;/h8-9,12,14H,6-7,10-11,13H2,1-5H3,(H,19,21);1H. The Kier molecular flexibility index (Phi) is 10.1. The molecule has 1 rings (SSSR count). The molecular weight excluding hydrogens is 296 g/mol. The first-order valence-electron chi connectivity index (χ1n) is 8.06. The van der Waals surface area contributed by atoms with E-state index in [-0.39, 0.29) is 18.3 Å². The minimum atomic E-state index is 0. The van der Waals surface area contributed by atoms with Gasteiger partial charge < -0.3 is 5.32 Å². The monoisotopic (exact) mass is 326 g/mol. The number of benzene rings is 1. The van der Waals surface area contributed by atoms with Crippen LogP contribution in [0, 0.1) is 6.92 Å². The lowest BCUT2D eigenvalue weighted by atomic mass is 9.96. The van der Waals surface area contributed by atoms with E-state index in [2.05, 4.69) is 63.0 Å². The topological polar surface area (TPSA) is 32.3 Å². The second-order valence-corrected chi connectivity index (χ2v) is 5.90. The van der Waals surface area contributed by atoms with Crippen LogP contribution in [0.4, 0.5) is 0 Å². The molecule has 0 bridgehead atoms. The molecule has 0 fully saturated rings. The Bertz CT molecular complexity index is 456. The van der Waals surface area contributed by atoms with Crippen molar-refractivity contribution in [2.24, 2.45) is 0 Å². The molecule has 0 saturated carbocycles. The highest BCUT2D eigenvalue weighted by Crippen LogP contribution is 2.18. The largest absolute Gasteiger partial charge is 0.355 e. The molecular formula is C18H31ClN2O. The van der Waals surface area contributed by atoms with Crippen LogP contribution in [0.25, 0.3) is 0 Å². The van der Waals surface area contributed by atoms with Crippen molar-refractivity contribution in [2.45, 2.75) is 47.0 Å². The first-order chi connectivity index (χ1) is 9.97. The Hall–Kier alpha value is -1.06. The molecule has 0 unspecified atom stereocenters. The molecule has 0 atom stereocenters. The van der Waals surface area contributed by atoms with Gasteiger partial charge in [-0.05, 0) is 49.0 Å². The normalized spacial score (nSPS) is 10.7. The molecule has 0 aliphatic rings. The van der Waals surface area contributed by atoms with E-state index in [1.807, 2.05) is 0 Å². The van der Waals surface area contributed by atoms with E-state index in [0.29, 0.717) is 19.0 Å². The van der Waals surface area contributed by atoms with E-state index >= 15 is 0 Å². The van der Waals surface area contributed by atoms with Gasteiger partial charge in [-0.15, -0.1) is 12.4 Å². The summed E-state index contributed by atoms with van der Waals surface area (Å²) in [5, 5.41) is 3.03. The zero-order valence-electron chi connectivity index (χ0n) is 14.6. The lowest BCUT2D eigenvalue weighted by molar-refractivity contribution is -0.122. The van der Waals surface area contributed by atoms with Crippen LogP contribution in [-0.4, -0.2) is 37.0 Å². The van der Waals surface area contributed by atoms with E-state index < -0.39 is 0 Å². The molecule has 0 saturated heterocycles. The number of rotatable bonds is 8. The molecule has 0 aromatic heterocycles. The van der Waals surface area contributed by atoms with Gasteiger partial charge in [-0.3, -0.25) is 9.69 Å². The molecule has 0 aliphatic heterocycles. The van der Waals surface area contributed by atoms with Gasteiger partial charge in [-0.2, -0.15) is 0 Å². The SMILES string of the molecule is CCN(CC)CC(=O)NCCc1cc(C(C)C)ccc1C.Cl. The fourth-order valence-corrected chi connectivity index (χ4v) is 2.36. The summed E-state index contributed by atoms with van der Waals surface area (Å²) >= 11 is 0. The van der Waals surface area contributed by atoms with Gasteiger partial charge in [0.25, 0.3) is 0 Å². The molecule has 1 N–H and O–H groups in total. The fourth-order valence-electron chi connectivity index (χ4n) is 2.36. The number of halogens is 1. The van der Waals surface area contributed by atoms with Crippen LogP contribution in [0.5, 0.6) is 0 Å². The predicted molar refractivity (Wildman–Crippen MR) is 97.0 cm³/mol. The first-order valence-corrected chi connectivity index (χ1v) is 8.06. The van der Waals surface area contributed by atoms with Gasteiger partial charge in [0.05, 0.1) is 6.54 Å². The van der Waals surface area contributed by atoms with Crippen LogP contribution in [0.15, 0.2) is 18.2 Å². The summed E-state index contributed by atoms with van der Waals surface area (Å²) in [6.45, 7) is 13.8. The molecule has 126 valence electrons. The zero-order valence-corrected chi connectivity index (χ0v) is 15.4. The quantitative estimate of drug-likeness (QED) is 0.792. The average Bonchev–Trinajstić information content (AvgIpc) is 2.46. The van der Waals surface area contributed by atoms with Crippen molar-refractivity contribution in [1.82, 2.24) is 10.2 Å². The molecule has 0 heterocycles. The summed E-state index contributed by atoms with van der Waals surface area (Å²) in [5.74, 6) is 0.665. The lowest BCUT2D eigenvalue weighted by Gasteiger charge is -2.17. The summed E-state index contributed by atoms with van der Waals surface area (Å²) < 4.78 is 0. The Labute approximate surface area is 141 Å². The fraction of sp³-hybridized carbons (Fsp3) is 0.611. The maximum absolute atomic E-state index is 11.9. The van der Waals surface area contributed by atoms with Gasteiger partial charge in [0.1, 0.15) is 0 Å². The van der Waals surface area contributed by atoms with Gasteiger partial charge in [0, 0.05) is 6.54 Å². The number of carbonyl (C=O) groups is 1. The first kappa shape index (κ1) is 20.9. The van der Waals surface area contributed by atoms with Gasteiger partial charge in [0.15, 0.2) is 0 Å². The zero-order chi connectivity index (χ0) is 15.8. The van der Waals surface area contributed by atoms with Crippen LogP contribution in [0.3, 0.4) is 0 Å². The third-order valence-corrected chi connectivity index (χ3v) is 4.02. The molecule has 1 aromatic rings. The maximum atomic E-state index is 11.9. The number of nitrogens with one attached hydrogen (secondary N) is 1. The number of hydrogen-bond donors (Lipinski definition) is 1. The van der Waals surface area contributed by atoms with Crippen LogP contribution >= 0.6 is 12.4 Å². The van der Waals surface area contributed by atoms with Crippen molar-refractivity contribution in [1.29, 1.82) is 0 Å². The summed E-state index contributed by atoms with van der Waals surface area (Å²) in [7, 11) is 0. The molecule has 1 amide bonds. The maximum Gasteiger partial charge on any atom is 0.234 e. The van der Waals surface area contributed by atoms with E-state index in [1.54, 1.807) is 0 Å². The van der Waals surface area contributed by atoms with Gasteiger partial charge in [-0.1, -0.05) is 45.9 Å². The van der Waals surface area contributed by atoms with E-state index in [4.69, 9.17) is 0 Å². The predicted octanol–water partition coefficient (Wildman–Crippen LogP) is 3.54. The number of likely N-dealkylation sites (N-methyl/N-ethyl adjacent to an activating group) is 1. The molecule has 3 nitrogen and oxygen atoms in total. The minimum Gasteiger partial charge on any atom is -0.355 e. The Morgan fingerprint density at radius 3 is 2.41 bits per heavy atom. The Morgan fingerprint density at radius 1 is 1.23 bits per heavy atom. The van der Waals surface area contributed by atoms with E-state index in [9.17, 15) is 4.79 Å². The summed E-state index contributed by atoms with van der Waals surface area (Å²) in [6.07, 6.45) is 0.899. The smallest absolute Gasteiger partial charge is 0.234 e.